The summed E-state index contributed by atoms with van der Waals surface area (Å²) in [7, 11) is 0. The van der Waals surface area contributed by atoms with E-state index in [1.54, 1.807) is 19.9 Å². The number of aryl methyl sites for hydroxylation is 1. The predicted molar refractivity (Wildman–Crippen MR) is 157 cm³/mol. The highest BCUT2D eigenvalue weighted by Gasteiger charge is 2.42. The van der Waals surface area contributed by atoms with Crippen molar-refractivity contribution in [3.63, 3.8) is 0 Å². The number of aliphatic hydroxyl groups excluding tert-OH is 1. The lowest BCUT2D eigenvalue weighted by atomic mass is 9.92. The minimum atomic E-state index is -1.29. The summed E-state index contributed by atoms with van der Waals surface area (Å²) in [5.41, 5.74) is 4.72. The maximum atomic E-state index is 13.2. The van der Waals surface area contributed by atoms with E-state index in [1.165, 1.54) is 5.01 Å². The number of aromatic nitrogens is 1. The Labute approximate surface area is 240 Å². The topological polar surface area (TPSA) is 133 Å². The molecule has 10 nitrogen and oxygen atoms in total. The Kier molecular flexibility index (Phi) is 9.47. The van der Waals surface area contributed by atoms with Crippen LogP contribution in [-0.4, -0.2) is 64.5 Å². The van der Waals surface area contributed by atoms with Gasteiger partial charge in [-0.25, -0.2) is 15.4 Å². The second-order valence-corrected chi connectivity index (χ2v) is 11.2. The molecule has 0 radical (unpaired) electrons. The average molecular weight is 562 g/mol. The van der Waals surface area contributed by atoms with Gasteiger partial charge >= 0.3 is 5.97 Å². The number of aliphatic hydroxyl groups is 1. The van der Waals surface area contributed by atoms with Gasteiger partial charge in [0.05, 0.1) is 16.6 Å². The molecule has 2 fully saturated rings. The Morgan fingerprint density at radius 2 is 2.00 bits per heavy atom. The molecule has 10 heteroatoms. The number of ether oxygens (including phenoxy) is 1. The molecule has 2 aliphatic rings. The molecule has 1 aromatic carbocycles. The van der Waals surface area contributed by atoms with E-state index in [9.17, 15) is 19.5 Å². The van der Waals surface area contributed by atoms with E-state index in [0.717, 1.165) is 41.4 Å². The molecule has 1 aliphatic carbocycles. The summed E-state index contributed by atoms with van der Waals surface area (Å²) < 4.78 is 5.75. The maximum Gasteiger partial charge on any atom is 0.316 e. The van der Waals surface area contributed by atoms with Crippen LogP contribution in [0, 0.1) is 11.3 Å². The van der Waals surface area contributed by atoms with Crippen molar-refractivity contribution in [3.05, 3.63) is 59.9 Å². The van der Waals surface area contributed by atoms with Gasteiger partial charge in [0.25, 0.3) is 11.8 Å². The van der Waals surface area contributed by atoms with Gasteiger partial charge in [0.1, 0.15) is 6.04 Å². The van der Waals surface area contributed by atoms with Crippen LogP contribution in [0.2, 0.25) is 0 Å². The third-order valence-electron chi connectivity index (χ3n) is 7.46. The third kappa shape index (κ3) is 7.52. The standard InChI is InChI=1S/C31H39N5O5/c1-6-23-14-13-21-10-9-20(18-25(21)34-23)15-16-31(3,4)30(40)41-26(22-11-12-22)28(38)33-19(2)29(39)36-17-7-8-24(35-36)27(37)32-5/h9-10,13-16,18,22,24,26,29,35,39H,2,5-8,11-12,17H2,1,3-4H3,(H,33,38)/b16-15+/t24-,26-,29?/m0/s1. The average Bonchev–Trinajstić information content (AvgIpc) is 3.82. The highest BCUT2D eigenvalue weighted by Crippen LogP contribution is 2.36. The number of pyridine rings is 1. The lowest BCUT2D eigenvalue weighted by Crippen LogP contribution is -2.58. The van der Waals surface area contributed by atoms with Crippen molar-refractivity contribution in [2.45, 2.75) is 71.2 Å². The van der Waals surface area contributed by atoms with E-state index >= 15 is 0 Å². The number of rotatable bonds is 11. The largest absolute Gasteiger partial charge is 0.451 e. The van der Waals surface area contributed by atoms with E-state index < -0.39 is 41.6 Å². The molecule has 3 atom stereocenters. The first-order chi connectivity index (χ1) is 19.5. The van der Waals surface area contributed by atoms with Gasteiger partial charge < -0.3 is 15.2 Å². The molecule has 0 bridgehead atoms. The summed E-state index contributed by atoms with van der Waals surface area (Å²) in [4.78, 5) is 46.4. The first-order valence-electron chi connectivity index (χ1n) is 14.0. The van der Waals surface area contributed by atoms with Gasteiger partial charge in [-0.2, -0.15) is 0 Å². The van der Waals surface area contributed by atoms with Crippen LogP contribution in [-0.2, 0) is 25.5 Å². The number of carbonyl (C=O) groups is 3. The molecule has 4 rings (SSSR count). The molecule has 2 amide bonds. The predicted octanol–water partition coefficient (Wildman–Crippen LogP) is 3.30. The molecule has 2 heterocycles. The molecule has 1 aromatic heterocycles. The molecule has 1 saturated heterocycles. The Hall–Kier alpha value is -3.73. The smallest absolute Gasteiger partial charge is 0.316 e. The molecular formula is C31H39N5O5. The molecule has 0 spiro atoms. The van der Waals surface area contributed by atoms with Gasteiger partial charge in [-0.1, -0.05) is 43.9 Å². The minimum absolute atomic E-state index is 0.0131. The Balaban J connectivity index is 1.38. The summed E-state index contributed by atoms with van der Waals surface area (Å²) >= 11 is 0. The van der Waals surface area contributed by atoms with E-state index in [-0.39, 0.29) is 11.6 Å². The number of fused-ring (bicyclic) bond motifs is 1. The molecule has 1 saturated carbocycles. The van der Waals surface area contributed by atoms with Crippen LogP contribution >= 0.6 is 0 Å². The fraction of sp³-hybridized carbons (Fsp3) is 0.452. The van der Waals surface area contributed by atoms with E-state index in [1.807, 2.05) is 36.4 Å². The van der Waals surface area contributed by atoms with Crippen LogP contribution in [0.25, 0.3) is 17.0 Å². The van der Waals surface area contributed by atoms with Crippen LogP contribution in [0.1, 0.15) is 57.7 Å². The number of benzene rings is 1. The highest BCUT2D eigenvalue weighted by atomic mass is 16.6. The Bertz CT molecular complexity index is 1370. The summed E-state index contributed by atoms with van der Waals surface area (Å²) in [5.74, 6) is -1.60. The molecule has 218 valence electrons. The Morgan fingerprint density at radius 3 is 2.68 bits per heavy atom. The molecular weight excluding hydrogens is 522 g/mol. The number of hydrogen-bond donors (Lipinski definition) is 3. The molecule has 3 N–H and O–H groups in total. The zero-order valence-corrected chi connectivity index (χ0v) is 23.9. The SMILES string of the molecule is C=NC(=O)[C@@H]1CCCN(C(O)C(=C)NC(=O)[C@@H](OC(=O)C(C)(C)/C=C/c2ccc3ccc(CC)nc3c2)C2CC2)N1. The van der Waals surface area contributed by atoms with Gasteiger partial charge in [-0.3, -0.25) is 19.4 Å². The van der Waals surface area contributed by atoms with Crippen molar-refractivity contribution in [2.75, 3.05) is 6.54 Å². The normalized spacial score (nSPS) is 19.5. The number of nitrogens with one attached hydrogen (secondary N) is 2. The first-order valence-corrected chi connectivity index (χ1v) is 14.0. The summed E-state index contributed by atoms with van der Waals surface area (Å²) in [6.45, 7) is 13.0. The summed E-state index contributed by atoms with van der Waals surface area (Å²) in [5, 5.41) is 15.8. The monoisotopic (exact) mass is 561 g/mol. The van der Waals surface area contributed by atoms with Gasteiger partial charge in [-0.05, 0) is 70.4 Å². The van der Waals surface area contributed by atoms with Gasteiger partial charge in [0.15, 0.2) is 12.3 Å². The lowest BCUT2D eigenvalue weighted by Gasteiger charge is -2.36. The number of nitrogens with zero attached hydrogens (tertiary/aromatic N) is 3. The fourth-order valence-corrected chi connectivity index (χ4v) is 4.64. The molecule has 1 unspecified atom stereocenters. The van der Waals surface area contributed by atoms with Crippen molar-refractivity contribution >= 4 is 41.5 Å². The zero-order valence-electron chi connectivity index (χ0n) is 23.9. The minimum Gasteiger partial charge on any atom is -0.451 e. The van der Waals surface area contributed by atoms with Gasteiger partial charge in [0, 0.05) is 23.5 Å². The number of aliphatic imine (C=N–C) groups is 1. The molecule has 41 heavy (non-hydrogen) atoms. The van der Waals surface area contributed by atoms with Crippen molar-refractivity contribution in [3.8, 4) is 0 Å². The lowest BCUT2D eigenvalue weighted by molar-refractivity contribution is -0.163. The summed E-state index contributed by atoms with van der Waals surface area (Å²) in [6, 6.07) is 9.41. The third-order valence-corrected chi connectivity index (χ3v) is 7.46. The van der Waals surface area contributed by atoms with Crippen molar-refractivity contribution < 1.29 is 24.2 Å². The van der Waals surface area contributed by atoms with Crippen LogP contribution in [0.3, 0.4) is 0 Å². The zero-order chi connectivity index (χ0) is 29.7. The van der Waals surface area contributed by atoms with Crippen LogP contribution in [0.5, 0.6) is 0 Å². The quantitative estimate of drug-likeness (QED) is 0.281. The number of carbonyl (C=O) groups excluding carboxylic acids is 3. The van der Waals surface area contributed by atoms with Crippen molar-refractivity contribution in [2.24, 2.45) is 16.3 Å². The summed E-state index contributed by atoms with van der Waals surface area (Å²) in [6.07, 6.45) is 4.88. The van der Waals surface area contributed by atoms with E-state index in [0.29, 0.717) is 19.4 Å². The van der Waals surface area contributed by atoms with E-state index in [2.05, 4.69) is 40.9 Å². The molecule has 1 aliphatic heterocycles. The number of hydrogen-bond acceptors (Lipinski definition) is 8. The van der Waals surface area contributed by atoms with Gasteiger partial charge in [0.2, 0.25) is 0 Å². The van der Waals surface area contributed by atoms with Crippen LogP contribution in [0.15, 0.2) is 53.7 Å². The number of amides is 2. The fourth-order valence-electron chi connectivity index (χ4n) is 4.64. The van der Waals surface area contributed by atoms with E-state index in [4.69, 9.17) is 4.74 Å². The van der Waals surface area contributed by atoms with Crippen LogP contribution < -0.4 is 10.7 Å². The van der Waals surface area contributed by atoms with Gasteiger partial charge in [-0.15, -0.1) is 0 Å². The van der Waals surface area contributed by atoms with Crippen LogP contribution in [0.4, 0.5) is 0 Å². The van der Waals surface area contributed by atoms with Crippen molar-refractivity contribution in [1.29, 1.82) is 0 Å². The number of esters is 1. The number of hydrazine groups is 1. The first kappa shape index (κ1) is 30.2. The maximum absolute atomic E-state index is 13.2. The Morgan fingerprint density at radius 1 is 1.27 bits per heavy atom. The van der Waals surface area contributed by atoms with Crippen molar-refractivity contribution in [1.82, 2.24) is 20.7 Å². The molecule has 2 aromatic rings. The second kappa shape index (κ2) is 12.8. The highest BCUT2D eigenvalue weighted by molar-refractivity contribution is 5.88. The second-order valence-electron chi connectivity index (χ2n) is 11.2.